The van der Waals surface area contributed by atoms with Gasteiger partial charge in [-0.05, 0) is 44.5 Å². The number of fused-ring (bicyclic) bond motifs is 2. The van der Waals surface area contributed by atoms with Crippen LogP contribution in [0.4, 0.5) is 0 Å². The lowest BCUT2D eigenvalue weighted by Gasteiger charge is -2.23. The zero-order valence-corrected chi connectivity index (χ0v) is 23.7. The number of ether oxygens (including phenoxy) is 2. The molecule has 0 bridgehead atoms. The summed E-state index contributed by atoms with van der Waals surface area (Å²) in [4.78, 5) is 0.380. The lowest BCUT2D eigenvalue weighted by molar-refractivity contribution is 0.344. The van der Waals surface area contributed by atoms with E-state index in [1.165, 1.54) is 8.61 Å². The molecule has 0 saturated carbocycles. The van der Waals surface area contributed by atoms with Gasteiger partial charge in [-0.15, -0.1) is 0 Å². The molecule has 4 aromatic carbocycles. The normalized spacial score (nSPS) is 15.8. The fourth-order valence-electron chi connectivity index (χ4n) is 5.13. The minimum Gasteiger partial charge on any atom is -0.493 e. The van der Waals surface area contributed by atoms with E-state index in [2.05, 4.69) is 0 Å². The summed E-state index contributed by atoms with van der Waals surface area (Å²) in [5.74, 6) is 1.26. The number of sulfonamides is 2. The summed E-state index contributed by atoms with van der Waals surface area (Å²) >= 11 is 0. The zero-order chi connectivity index (χ0) is 27.6. The van der Waals surface area contributed by atoms with Crippen molar-refractivity contribution in [2.75, 3.05) is 39.4 Å². The summed E-state index contributed by atoms with van der Waals surface area (Å²) in [6.07, 6.45) is 0.377. The molecule has 0 aliphatic carbocycles. The topological polar surface area (TPSA) is 93.2 Å². The molecule has 1 fully saturated rings. The van der Waals surface area contributed by atoms with Crippen LogP contribution in [0.15, 0.2) is 82.6 Å². The highest BCUT2D eigenvalue weighted by atomic mass is 32.2. The minimum atomic E-state index is -3.88. The van der Waals surface area contributed by atoms with E-state index < -0.39 is 20.0 Å². The third-order valence-electron chi connectivity index (χ3n) is 6.94. The molecule has 0 aromatic heterocycles. The van der Waals surface area contributed by atoms with Gasteiger partial charge in [0.1, 0.15) is 11.5 Å². The van der Waals surface area contributed by atoms with Crippen molar-refractivity contribution in [2.45, 2.75) is 30.1 Å². The first-order chi connectivity index (χ1) is 18.8. The van der Waals surface area contributed by atoms with Crippen molar-refractivity contribution in [3.05, 3.63) is 72.8 Å². The largest absolute Gasteiger partial charge is 0.493 e. The fourth-order valence-corrected chi connectivity index (χ4v) is 8.46. The van der Waals surface area contributed by atoms with Crippen LogP contribution >= 0.6 is 0 Å². The van der Waals surface area contributed by atoms with Crippen LogP contribution < -0.4 is 9.47 Å². The van der Waals surface area contributed by atoms with Crippen molar-refractivity contribution < 1.29 is 26.3 Å². The highest BCUT2D eigenvalue weighted by Crippen LogP contribution is 2.35. The second-order valence-corrected chi connectivity index (χ2v) is 13.1. The molecular formula is C29H32N2O6S2. The van der Waals surface area contributed by atoms with Gasteiger partial charge in [-0.25, -0.2) is 16.8 Å². The lowest BCUT2D eigenvalue weighted by atomic mass is 10.1. The van der Waals surface area contributed by atoms with Gasteiger partial charge in [0, 0.05) is 47.7 Å². The van der Waals surface area contributed by atoms with Crippen molar-refractivity contribution in [3.8, 4) is 11.5 Å². The summed E-state index contributed by atoms with van der Waals surface area (Å²) < 4.78 is 69.5. The van der Waals surface area contributed by atoms with Crippen molar-refractivity contribution in [3.63, 3.8) is 0 Å². The molecule has 1 heterocycles. The van der Waals surface area contributed by atoms with Gasteiger partial charge in [0.05, 0.1) is 23.0 Å². The van der Waals surface area contributed by atoms with E-state index in [4.69, 9.17) is 9.47 Å². The zero-order valence-electron chi connectivity index (χ0n) is 22.0. The van der Waals surface area contributed by atoms with Gasteiger partial charge in [0.15, 0.2) is 0 Å². The second-order valence-electron chi connectivity index (χ2n) is 9.24. The van der Waals surface area contributed by atoms with E-state index >= 15 is 0 Å². The van der Waals surface area contributed by atoms with Crippen molar-refractivity contribution in [1.82, 2.24) is 8.61 Å². The van der Waals surface area contributed by atoms with Gasteiger partial charge in [-0.2, -0.15) is 8.61 Å². The van der Waals surface area contributed by atoms with Crippen LogP contribution in [0.1, 0.15) is 20.3 Å². The van der Waals surface area contributed by atoms with Crippen molar-refractivity contribution >= 4 is 41.6 Å². The van der Waals surface area contributed by atoms with Crippen LogP contribution in [-0.4, -0.2) is 64.8 Å². The molecule has 0 spiro atoms. The van der Waals surface area contributed by atoms with Gasteiger partial charge in [0.25, 0.3) is 0 Å². The average molecular weight is 569 g/mol. The molecule has 206 valence electrons. The van der Waals surface area contributed by atoms with E-state index in [0.29, 0.717) is 41.9 Å². The van der Waals surface area contributed by atoms with E-state index in [0.717, 1.165) is 10.8 Å². The molecule has 0 amide bonds. The van der Waals surface area contributed by atoms with Crippen molar-refractivity contribution in [2.24, 2.45) is 0 Å². The lowest BCUT2D eigenvalue weighted by Crippen LogP contribution is -2.37. The predicted molar refractivity (Wildman–Crippen MR) is 152 cm³/mol. The maximum atomic E-state index is 13.8. The van der Waals surface area contributed by atoms with Gasteiger partial charge in [0.2, 0.25) is 20.0 Å². The molecule has 5 rings (SSSR count). The molecule has 1 aliphatic rings. The molecule has 0 radical (unpaired) electrons. The Morgan fingerprint density at radius 3 is 1.33 bits per heavy atom. The highest BCUT2D eigenvalue weighted by molar-refractivity contribution is 7.89. The Morgan fingerprint density at radius 1 is 0.564 bits per heavy atom. The van der Waals surface area contributed by atoms with Crippen LogP contribution in [-0.2, 0) is 20.0 Å². The second kappa shape index (κ2) is 11.1. The maximum absolute atomic E-state index is 13.8. The third kappa shape index (κ3) is 5.09. The van der Waals surface area contributed by atoms with E-state index in [9.17, 15) is 16.8 Å². The summed E-state index contributed by atoms with van der Waals surface area (Å²) in [5.41, 5.74) is 0. The Bertz CT molecular complexity index is 1590. The maximum Gasteiger partial charge on any atom is 0.243 e. The molecule has 39 heavy (non-hydrogen) atoms. The van der Waals surface area contributed by atoms with Gasteiger partial charge >= 0.3 is 0 Å². The first-order valence-corrected chi connectivity index (χ1v) is 16.0. The third-order valence-corrected chi connectivity index (χ3v) is 10.9. The minimum absolute atomic E-state index is 0.0536. The fraction of sp³-hybridized carbons (Fsp3) is 0.310. The number of hydrogen-bond donors (Lipinski definition) is 0. The summed E-state index contributed by atoms with van der Waals surface area (Å²) in [6, 6.07) is 21.1. The summed E-state index contributed by atoms with van der Waals surface area (Å²) in [5, 5.41) is 2.61. The van der Waals surface area contributed by atoms with Gasteiger partial charge in [-0.1, -0.05) is 48.5 Å². The van der Waals surface area contributed by atoms with Crippen LogP contribution in [0.3, 0.4) is 0 Å². The molecular weight excluding hydrogens is 536 g/mol. The SMILES string of the molecule is CCOc1ccc(S(=O)(=O)N2CCCN(S(=O)(=O)c3ccc(OCC)c4ccccc34)CC2)c2ccccc12. The molecule has 0 atom stereocenters. The predicted octanol–water partition coefficient (Wildman–Crippen LogP) is 4.88. The molecule has 8 nitrogen and oxygen atoms in total. The van der Waals surface area contributed by atoms with Crippen LogP contribution in [0.25, 0.3) is 21.5 Å². The Kier molecular flexibility index (Phi) is 7.82. The number of nitrogens with zero attached hydrogens (tertiary/aromatic N) is 2. The van der Waals surface area contributed by atoms with Crippen LogP contribution in [0.5, 0.6) is 11.5 Å². The first kappa shape index (κ1) is 27.4. The number of benzene rings is 4. The Balaban J connectivity index is 1.45. The molecule has 1 saturated heterocycles. The van der Waals surface area contributed by atoms with Crippen LogP contribution in [0.2, 0.25) is 0 Å². The molecule has 1 aliphatic heterocycles. The summed E-state index contributed by atoms with van der Waals surface area (Å²) in [7, 11) is -7.77. The first-order valence-electron chi connectivity index (χ1n) is 13.1. The average Bonchev–Trinajstić information content (AvgIpc) is 3.21. The molecule has 10 heteroatoms. The molecule has 4 aromatic rings. The standard InChI is InChI=1S/C29H32N2O6S2/c1-3-36-26-14-16-28(24-12-7-5-10-22(24)26)38(32,33)30-18-9-19-31(21-20-30)39(34,35)29-17-15-27(37-4-2)23-11-6-8-13-25(23)29/h5-8,10-17H,3-4,9,18-21H2,1-2H3. The van der Waals surface area contributed by atoms with Gasteiger partial charge < -0.3 is 9.47 Å². The number of hydrogen-bond acceptors (Lipinski definition) is 6. The quantitative estimate of drug-likeness (QED) is 0.301. The highest BCUT2D eigenvalue weighted by Gasteiger charge is 2.33. The Labute approximate surface area is 229 Å². The monoisotopic (exact) mass is 568 g/mol. The van der Waals surface area contributed by atoms with Crippen molar-refractivity contribution in [1.29, 1.82) is 0 Å². The molecule has 0 unspecified atom stereocenters. The van der Waals surface area contributed by atoms with E-state index in [-0.39, 0.29) is 36.0 Å². The Hall–Kier alpha value is -3.18. The van der Waals surface area contributed by atoms with Gasteiger partial charge in [-0.3, -0.25) is 0 Å². The van der Waals surface area contributed by atoms with Crippen LogP contribution in [0, 0.1) is 0 Å². The van der Waals surface area contributed by atoms with E-state index in [1.54, 1.807) is 48.5 Å². The smallest absolute Gasteiger partial charge is 0.243 e. The van der Waals surface area contributed by atoms with E-state index in [1.807, 2.05) is 38.1 Å². The summed E-state index contributed by atoms with van der Waals surface area (Å²) in [6.45, 7) is 5.25. The Morgan fingerprint density at radius 2 is 0.949 bits per heavy atom. The molecule has 0 N–H and O–H groups in total. The number of rotatable bonds is 8.